The monoisotopic (exact) mass is 548 g/mol. The smallest absolute Gasteiger partial charge is 0.343 e. The van der Waals surface area contributed by atoms with Crippen LogP contribution in [0.1, 0.15) is 48.4 Å². The summed E-state index contributed by atoms with van der Waals surface area (Å²) >= 11 is 0. The predicted octanol–water partition coefficient (Wildman–Crippen LogP) is 4.92. The molecule has 0 aromatic heterocycles. The molecule has 1 heterocycles. The minimum absolute atomic E-state index is 0.113. The molecule has 0 bridgehead atoms. The molecule has 2 aliphatic rings. The second-order valence-electron chi connectivity index (χ2n) is 9.93. The zero-order valence-electron chi connectivity index (χ0n) is 22.9. The highest BCUT2D eigenvalue weighted by Crippen LogP contribution is 2.59. The normalized spacial score (nSPS) is 20.5. The van der Waals surface area contributed by atoms with E-state index in [1.165, 1.54) is 14.2 Å². The van der Waals surface area contributed by atoms with Gasteiger partial charge in [-0.25, -0.2) is 4.79 Å². The van der Waals surface area contributed by atoms with Crippen molar-refractivity contribution >= 4 is 11.9 Å². The van der Waals surface area contributed by atoms with Crippen LogP contribution in [0.4, 0.5) is 0 Å². The molecular formula is C31H32O9. The van der Waals surface area contributed by atoms with Gasteiger partial charge in [-0.15, -0.1) is 0 Å². The number of carboxylic acids is 1. The summed E-state index contributed by atoms with van der Waals surface area (Å²) < 4.78 is 33.2. The van der Waals surface area contributed by atoms with Crippen LogP contribution in [0.5, 0.6) is 28.7 Å². The van der Waals surface area contributed by atoms with Crippen LogP contribution in [0.25, 0.3) is 0 Å². The van der Waals surface area contributed by atoms with E-state index < -0.39 is 29.2 Å². The number of carbonyl (C=O) groups is 2. The average molecular weight is 549 g/mol. The van der Waals surface area contributed by atoms with Gasteiger partial charge in [0.1, 0.15) is 17.2 Å². The third-order valence-electron chi connectivity index (χ3n) is 7.71. The fourth-order valence-corrected chi connectivity index (χ4v) is 5.77. The molecule has 0 amide bonds. The molecule has 3 aromatic rings. The average Bonchev–Trinajstić information content (AvgIpc) is 3.54. The van der Waals surface area contributed by atoms with Crippen molar-refractivity contribution in [3.05, 3.63) is 76.9 Å². The van der Waals surface area contributed by atoms with Crippen LogP contribution < -0.4 is 23.7 Å². The molecule has 3 atom stereocenters. The summed E-state index contributed by atoms with van der Waals surface area (Å²) in [6, 6.07) is 16.5. The summed E-state index contributed by atoms with van der Waals surface area (Å²) in [6.07, 6.45) is 0.831. The second kappa shape index (κ2) is 11.0. The molecule has 3 aromatic carbocycles. The Morgan fingerprint density at radius 2 is 1.73 bits per heavy atom. The summed E-state index contributed by atoms with van der Waals surface area (Å²) in [5.41, 5.74) is 2.07. The second-order valence-corrected chi connectivity index (χ2v) is 9.93. The van der Waals surface area contributed by atoms with Gasteiger partial charge >= 0.3 is 11.9 Å². The summed E-state index contributed by atoms with van der Waals surface area (Å²) in [6.45, 7) is 4.26. The lowest BCUT2D eigenvalue weighted by Crippen LogP contribution is -2.37. The molecule has 9 nitrogen and oxygen atoms in total. The van der Waals surface area contributed by atoms with Gasteiger partial charge in [0.15, 0.2) is 18.1 Å². The molecule has 1 aliphatic heterocycles. The van der Waals surface area contributed by atoms with E-state index in [0.29, 0.717) is 40.9 Å². The molecule has 40 heavy (non-hydrogen) atoms. The van der Waals surface area contributed by atoms with Gasteiger partial charge in [0.2, 0.25) is 6.79 Å². The zero-order valence-corrected chi connectivity index (χ0v) is 22.9. The highest BCUT2D eigenvalue weighted by molar-refractivity contribution is 5.80. The predicted molar refractivity (Wildman–Crippen MR) is 145 cm³/mol. The van der Waals surface area contributed by atoms with E-state index in [2.05, 4.69) is 0 Å². The minimum atomic E-state index is -0.980. The Morgan fingerprint density at radius 1 is 0.950 bits per heavy atom. The number of aliphatic carboxylic acids is 1. The van der Waals surface area contributed by atoms with E-state index in [9.17, 15) is 14.7 Å². The highest BCUT2D eigenvalue weighted by atomic mass is 16.7. The van der Waals surface area contributed by atoms with Crippen molar-refractivity contribution in [1.82, 2.24) is 0 Å². The molecule has 0 saturated carbocycles. The molecule has 0 radical (unpaired) electrons. The first-order chi connectivity index (χ1) is 19.3. The minimum Gasteiger partial charge on any atom is -0.497 e. The molecule has 1 N–H and O–H groups in total. The Morgan fingerprint density at radius 3 is 2.45 bits per heavy atom. The topological polar surface area (TPSA) is 110 Å². The maximum absolute atomic E-state index is 13.3. The van der Waals surface area contributed by atoms with Gasteiger partial charge in [-0.3, -0.25) is 4.79 Å². The van der Waals surface area contributed by atoms with Gasteiger partial charge < -0.3 is 33.5 Å². The molecule has 0 unspecified atom stereocenters. The summed E-state index contributed by atoms with van der Waals surface area (Å²) in [4.78, 5) is 25.2. The van der Waals surface area contributed by atoms with Crippen molar-refractivity contribution in [3.8, 4) is 28.7 Å². The summed E-state index contributed by atoms with van der Waals surface area (Å²) in [5, 5.41) is 10.8. The van der Waals surface area contributed by atoms with Crippen LogP contribution in [-0.4, -0.2) is 51.3 Å². The van der Waals surface area contributed by atoms with Gasteiger partial charge in [-0.05, 0) is 53.4 Å². The van der Waals surface area contributed by atoms with Crippen molar-refractivity contribution < 1.29 is 43.1 Å². The molecule has 0 saturated heterocycles. The van der Waals surface area contributed by atoms with Crippen LogP contribution in [0.3, 0.4) is 0 Å². The number of esters is 1. The molecule has 0 fully saturated rings. The van der Waals surface area contributed by atoms with Crippen LogP contribution in [0.15, 0.2) is 54.6 Å². The molecule has 1 aliphatic carbocycles. The zero-order chi connectivity index (χ0) is 28.4. The van der Waals surface area contributed by atoms with Crippen molar-refractivity contribution in [3.63, 3.8) is 0 Å². The number of carboxylic acid groups (broad SMARTS) is 1. The number of hydrogen-bond acceptors (Lipinski definition) is 8. The quantitative estimate of drug-likeness (QED) is 0.353. The number of rotatable bonds is 10. The van der Waals surface area contributed by atoms with E-state index in [1.807, 2.05) is 50.2 Å². The lowest BCUT2D eigenvalue weighted by molar-refractivity contribution is -0.144. The van der Waals surface area contributed by atoms with E-state index in [0.717, 1.165) is 23.1 Å². The van der Waals surface area contributed by atoms with E-state index in [4.69, 9.17) is 28.4 Å². The molecule has 5 rings (SSSR count). The first-order valence-electron chi connectivity index (χ1n) is 13.1. The number of hydrogen-bond donors (Lipinski definition) is 1. The SMILES string of the molecule is CCCOc1ccc2c(c1)[C@@H](c1ccc(OC)cc1OCC(=O)OC)[C@@H](C(=O)O)[C@@]2(C)c1ccc2c(c1)OCO2. The van der Waals surface area contributed by atoms with Gasteiger partial charge in [0.25, 0.3) is 0 Å². The maximum Gasteiger partial charge on any atom is 0.343 e. The third-order valence-corrected chi connectivity index (χ3v) is 7.71. The largest absolute Gasteiger partial charge is 0.497 e. The fraction of sp³-hybridized carbons (Fsp3) is 0.355. The first kappa shape index (κ1) is 27.2. The molecule has 210 valence electrons. The Labute approximate surface area is 232 Å². The van der Waals surface area contributed by atoms with Gasteiger partial charge in [0.05, 0.1) is 26.7 Å². The number of carbonyl (C=O) groups excluding carboxylic acids is 1. The van der Waals surface area contributed by atoms with E-state index >= 15 is 0 Å². The molecule has 0 spiro atoms. The van der Waals surface area contributed by atoms with Crippen molar-refractivity contribution in [1.29, 1.82) is 0 Å². The van der Waals surface area contributed by atoms with Crippen LogP contribution >= 0.6 is 0 Å². The maximum atomic E-state index is 13.3. The number of fused-ring (bicyclic) bond motifs is 2. The van der Waals surface area contributed by atoms with Crippen molar-refractivity contribution in [2.45, 2.75) is 31.6 Å². The number of ether oxygens (including phenoxy) is 6. The Bertz CT molecular complexity index is 1430. The Hall–Kier alpha value is -4.40. The van der Waals surface area contributed by atoms with Gasteiger partial charge in [0, 0.05) is 23.0 Å². The Kier molecular flexibility index (Phi) is 7.47. The molecule has 9 heteroatoms. The Balaban J connectivity index is 1.72. The van der Waals surface area contributed by atoms with Crippen LogP contribution in [-0.2, 0) is 19.7 Å². The van der Waals surface area contributed by atoms with Crippen molar-refractivity contribution in [2.24, 2.45) is 5.92 Å². The third kappa shape index (κ3) is 4.65. The standard InChI is InChI=1S/C31H32O9/c1-5-12-37-20-8-10-23-22(14-20)28(21-9-7-19(35-3)15-25(21)38-16-27(32)36-4)29(30(33)34)31(23,2)18-6-11-24-26(13-18)40-17-39-24/h6-11,13-15,28-29H,5,12,16-17H2,1-4H3,(H,33,34)/t28-,29+,31+/m1/s1. The van der Waals surface area contributed by atoms with Crippen molar-refractivity contribution in [2.75, 3.05) is 34.2 Å². The first-order valence-corrected chi connectivity index (χ1v) is 13.1. The van der Waals surface area contributed by atoms with Crippen LogP contribution in [0, 0.1) is 5.92 Å². The van der Waals surface area contributed by atoms with E-state index in [-0.39, 0.29) is 13.4 Å². The highest BCUT2D eigenvalue weighted by Gasteiger charge is 2.55. The van der Waals surface area contributed by atoms with Gasteiger partial charge in [-0.2, -0.15) is 0 Å². The number of benzene rings is 3. The lowest BCUT2D eigenvalue weighted by atomic mass is 9.68. The number of methoxy groups -OCH3 is 2. The fourth-order valence-electron chi connectivity index (χ4n) is 5.77. The molecular weight excluding hydrogens is 516 g/mol. The summed E-state index contributed by atoms with van der Waals surface area (Å²) in [7, 11) is 2.80. The summed E-state index contributed by atoms with van der Waals surface area (Å²) in [5.74, 6) is -0.453. The van der Waals surface area contributed by atoms with Crippen LogP contribution in [0.2, 0.25) is 0 Å². The van der Waals surface area contributed by atoms with E-state index in [1.54, 1.807) is 18.2 Å². The van der Waals surface area contributed by atoms with Gasteiger partial charge in [-0.1, -0.05) is 32.0 Å². The lowest BCUT2D eigenvalue weighted by Gasteiger charge is -2.33.